The fourth-order valence-corrected chi connectivity index (χ4v) is 5.07. The largest absolute Gasteiger partial charge is 0.241 e. The maximum atomic E-state index is 2.52. The highest BCUT2D eigenvalue weighted by atomic mass is 32.1. The van der Waals surface area contributed by atoms with Gasteiger partial charge in [-0.25, -0.2) is 0 Å². The summed E-state index contributed by atoms with van der Waals surface area (Å²) in [6, 6.07) is 26.7. The summed E-state index contributed by atoms with van der Waals surface area (Å²) < 4.78 is 3.89. The summed E-state index contributed by atoms with van der Waals surface area (Å²) in [5.74, 6) is 0.519. The molecule has 0 aliphatic rings. The van der Waals surface area contributed by atoms with Crippen LogP contribution in [0.5, 0.6) is 0 Å². The highest BCUT2D eigenvalue weighted by Gasteiger charge is 2.27. The molecular weight excluding hydrogens is 346 g/mol. The first kappa shape index (κ1) is 17.9. The van der Waals surface area contributed by atoms with E-state index in [1.165, 1.54) is 37.5 Å². The molecule has 0 spiro atoms. The monoisotopic (exact) mass is 372 g/mol. The molecule has 27 heavy (non-hydrogen) atoms. The van der Waals surface area contributed by atoms with Crippen LogP contribution in [0.1, 0.15) is 44.7 Å². The zero-order valence-corrected chi connectivity index (χ0v) is 17.3. The molecule has 1 aromatic heterocycles. The van der Waals surface area contributed by atoms with Gasteiger partial charge in [-0.2, -0.15) is 4.57 Å². The maximum absolute atomic E-state index is 2.52. The molecule has 4 aromatic rings. The first-order chi connectivity index (χ1) is 13.1. The van der Waals surface area contributed by atoms with Crippen LogP contribution in [0.3, 0.4) is 0 Å². The molecule has 0 unspecified atom stereocenters. The van der Waals surface area contributed by atoms with Crippen molar-refractivity contribution < 1.29 is 4.57 Å². The van der Waals surface area contributed by atoms with Crippen molar-refractivity contribution in [1.29, 1.82) is 0 Å². The summed E-state index contributed by atoms with van der Waals surface area (Å²) in [5.41, 5.74) is 6.50. The van der Waals surface area contributed by atoms with Crippen molar-refractivity contribution in [2.75, 3.05) is 0 Å². The van der Waals surface area contributed by atoms with Gasteiger partial charge in [0.2, 0.25) is 10.5 Å². The van der Waals surface area contributed by atoms with Crippen LogP contribution >= 0.6 is 11.3 Å². The lowest BCUT2D eigenvalue weighted by molar-refractivity contribution is -0.695. The minimum atomic E-state index is 0.447. The molecule has 2 heteroatoms. The van der Waals surface area contributed by atoms with E-state index in [1.807, 2.05) is 11.3 Å². The van der Waals surface area contributed by atoms with Crippen LogP contribution in [0.4, 0.5) is 0 Å². The van der Waals surface area contributed by atoms with E-state index in [0.29, 0.717) is 12.0 Å². The van der Waals surface area contributed by atoms with Gasteiger partial charge in [0.15, 0.2) is 6.04 Å². The number of hydrogen-bond donors (Lipinski definition) is 0. The third kappa shape index (κ3) is 3.30. The predicted molar refractivity (Wildman–Crippen MR) is 117 cm³/mol. The minimum Gasteiger partial charge on any atom is -0.184 e. The molecule has 0 N–H and O–H groups in total. The molecule has 0 bridgehead atoms. The topological polar surface area (TPSA) is 3.88 Å². The van der Waals surface area contributed by atoms with Crippen LogP contribution in [0, 0.1) is 0 Å². The summed E-state index contributed by atoms with van der Waals surface area (Å²) in [5, 5.41) is 1.45. The average Bonchev–Trinajstić information content (AvgIpc) is 3.07. The Labute approximate surface area is 165 Å². The minimum absolute atomic E-state index is 0.447. The normalized spacial score (nSPS) is 11.6. The van der Waals surface area contributed by atoms with E-state index in [0.717, 1.165) is 0 Å². The Kier molecular flexibility index (Phi) is 4.84. The van der Waals surface area contributed by atoms with E-state index in [-0.39, 0.29) is 0 Å². The molecule has 1 nitrogen and oxygen atoms in total. The van der Waals surface area contributed by atoms with Gasteiger partial charge in [-0.15, -0.1) is 0 Å². The molecule has 0 saturated carbocycles. The van der Waals surface area contributed by atoms with E-state index in [9.17, 15) is 0 Å². The highest BCUT2D eigenvalue weighted by molar-refractivity contribution is 7.18. The van der Waals surface area contributed by atoms with E-state index in [2.05, 4.69) is 105 Å². The number of hydrogen-bond acceptors (Lipinski definition) is 1. The quantitative estimate of drug-likeness (QED) is 0.333. The standard InChI is InChI=1S/C25H26NS/c1-17(2)25-26(18(3)4)23-15-21(19-11-7-5-8-12-19)22(16-24(23)27-25)20-13-9-6-10-14-20/h5-18H,1-4H3/q+1. The van der Waals surface area contributed by atoms with E-state index < -0.39 is 0 Å². The molecule has 1 heterocycles. The second-order valence-corrected chi connectivity index (χ2v) is 8.72. The lowest BCUT2D eigenvalue weighted by Crippen LogP contribution is -2.39. The Morgan fingerprint density at radius 3 is 1.70 bits per heavy atom. The second kappa shape index (κ2) is 7.28. The van der Waals surface area contributed by atoms with Crippen molar-refractivity contribution in [2.45, 2.75) is 39.7 Å². The van der Waals surface area contributed by atoms with Crippen LogP contribution in [-0.2, 0) is 0 Å². The SMILES string of the molecule is CC(C)c1sc2cc(-c3ccccc3)c(-c3ccccc3)cc2[n+]1C(C)C. The Hall–Kier alpha value is -2.45. The van der Waals surface area contributed by atoms with Crippen LogP contribution < -0.4 is 4.57 Å². The van der Waals surface area contributed by atoms with E-state index in [4.69, 9.17) is 0 Å². The molecule has 136 valence electrons. The van der Waals surface area contributed by atoms with Crippen LogP contribution in [-0.4, -0.2) is 0 Å². The van der Waals surface area contributed by atoms with Gasteiger partial charge in [0, 0.05) is 12.0 Å². The Morgan fingerprint density at radius 2 is 1.22 bits per heavy atom. The van der Waals surface area contributed by atoms with Crippen molar-refractivity contribution >= 4 is 21.6 Å². The van der Waals surface area contributed by atoms with Crippen molar-refractivity contribution in [3.8, 4) is 22.3 Å². The smallest absolute Gasteiger partial charge is 0.184 e. The zero-order valence-electron chi connectivity index (χ0n) is 16.4. The van der Waals surface area contributed by atoms with E-state index >= 15 is 0 Å². The summed E-state index contributed by atoms with van der Waals surface area (Å²) in [6.45, 7) is 9.15. The molecule has 0 fully saturated rings. The maximum Gasteiger partial charge on any atom is 0.241 e. The number of fused-ring (bicyclic) bond motifs is 1. The molecule has 3 aromatic carbocycles. The summed E-state index contributed by atoms with van der Waals surface area (Å²) in [7, 11) is 0. The fourth-order valence-electron chi connectivity index (χ4n) is 3.76. The van der Waals surface area contributed by atoms with Gasteiger partial charge in [-0.1, -0.05) is 85.8 Å². The Bertz CT molecular complexity index is 1060. The first-order valence-corrected chi connectivity index (χ1v) is 10.5. The predicted octanol–water partition coefficient (Wildman–Crippen LogP) is 7.23. The van der Waals surface area contributed by atoms with Gasteiger partial charge in [0.1, 0.15) is 4.70 Å². The average molecular weight is 373 g/mol. The fraction of sp³-hybridized carbons (Fsp3) is 0.240. The van der Waals surface area contributed by atoms with Crippen molar-refractivity contribution in [3.05, 3.63) is 77.8 Å². The first-order valence-electron chi connectivity index (χ1n) is 9.69. The number of aromatic nitrogens is 1. The molecule has 0 atom stereocenters. The molecule has 4 rings (SSSR count). The third-order valence-corrected chi connectivity index (χ3v) is 6.41. The third-order valence-electron chi connectivity index (χ3n) is 4.99. The molecule has 0 radical (unpaired) electrons. The number of nitrogens with zero attached hydrogens (tertiary/aromatic N) is 1. The molecular formula is C25H26NS+. The van der Waals surface area contributed by atoms with Crippen molar-refractivity contribution in [3.63, 3.8) is 0 Å². The summed E-state index contributed by atoms with van der Waals surface area (Å²) in [6.07, 6.45) is 0. The van der Waals surface area contributed by atoms with Gasteiger partial charge >= 0.3 is 0 Å². The Morgan fingerprint density at radius 1 is 0.704 bits per heavy atom. The molecule has 0 saturated heterocycles. The molecule has 0 aliphatic carbocycles. The van der Waals surface area contributed by atoms with Gasteiger partial charge in [-0.05, 0) is 42.2 Å². The summed E-state index contributed by atoms with van der Waals surface area (Å²) in [4.78, 5) is 0. The van der Waals surface area contributed by atoms with Crippen molar-refractivity contribution in [1.82, 2.24) is 0 Å². The van der Waals surface area contributed by atoms with Crippen LogP contribution in [0.25, 0.3) is 32.5 Å². The number of thiazole rings is 1. The molecule has 0 amide bonds. The van der Waals surface area contributed by atoms with Crippen LogP contribution in [0.2, 0.25) is 0 Å². The lowest BCUT2D eigenvalue weighted by atomic mass is 9.94. The van der Waals surface area contributed by atoms with E-state index in [1.54, 1.807) is 0 Å². The summed E-state index contributed by atoms with van der Waals surface area (Å²) >= 11 is 1.94. The van der Waals surface area contributed by atoms with Gasteiger partial charge in [-0.3, -0.25) is 0 Å². The Balaban J connectivity index is 2.07. The second-order valence-electron chi connectivity index (χ2n) is 7.66. The number of benzene rings is 3. The van der Waals surface area contributed by atoms with Gasteiger partial charge < -0.3 is 0 Å². The van der Waals surface area contributed by atoms with Crippen LogP contribution in [0.15, 0.2) is 72.8 Å². The van der Waals surface area contributed by atoms with Gasteiger partial charge in [0.05, 0.1) is 0 Å². The molecule has 0 aliphatic heterocycles. The number of rotatable bonds is 4. The van der Waals surface area contributed by atoms with Gasteiger partial charge in [0.25, 0.3) is 0 Å². The zero-order chi connectivity index (χ0) is 19.0. The van der Waals surface area contributed by atoms with Crippen molar-refractivity contribution in [2.24, 2.45) is 0 Å². The lowest BCUT2D eigenvalue weighted by Gasteiger charge is -2.11. The highest BCUT2D eigenvalue weighted by Crippen LogP contribution is 2.38.